The molecule has 5 aromatic rings. The first kappa shape index (κ1) is 15.5. The summed E-state index contributed by atoms with van der Waals surface area (Å²) in [6.07, 6.45) is 5.30. The second-order valence-corrected chi connectivity index (χ2v) is 6.30. The molecule has 0 spiro atoms. The average molecular weight is 352 g/mol. The van der Waals surface area contributed by atoms with Gasteiger partial charge in [0.2, 0.25) is 0 Å². The minimum Gasteiger partial charge on any atom is -0.329 e. The van der Waals surface area contributed by atoms with Gasteiger partial charge in [-0.3, -0.25) is 9.38 Å². The van der Waals surface area contributed by atoms with Gasteiger partial charge in [-0.15, -0.1) is 10.2 Å². The van der Waals surface area contributed by atoms with Crippen LogP contribution in [0.15, 0.2) is 79.4 Å². The van der Waals surface area contributed by atoms with Crippen LogP contribution < -0.4 is 4.90 Å². The van der Waals surface area contributed by atoms with Gasteiger partial charge in [0, 0.05) is 30.5 Å². The first-order valence-electron chi connectivity index (χ1n) is 8.64. The van der Waals surface area contributed by atoms with Crippen LogP contribution in [0.1, 0.15) is 0 Å². The number of hydrogen-bond acceptors (Lipinski definition) is 5. The van der Waals surface area contributed by atoms with Crippen LogP contribution in [0.4, 0.5) is 11.5 Å². The van der Waals surface area contributed by atoms with Gasteiger partial charge >= 0.3 is 0 Å². The quantitative estimate of drug-likeness (QED) is 0.489. The molecule has 0 amide bonds. The van der Waals surface area contributed by atoms with E-state index in [4.69, 9.17) is 4.98 Å². The normalized spacial score (nSPS) is 11.1. The maximum Gasteiger partial charge on any atom is 0.257 e. The van der Waals surface area contributed by atoms with Gasteiger partial charge in [-0.2, -0.15) is 4.98 Å². The van der Waals surface area contributed by atoms with Gasteiger partial charge in [0.1, 0.15) is 12.1 Å². The number of aromatic nitrogens is 5. The summed E-state index contributed by atoms with van der Waals surface area (Å²) in [6, 6.07) is 20.5. The fraction of sp³-hybridized carbons (Fsp3) is 0.0476. The predicted molar refractivity (Wildman–Crippen MR) is 106 cm³/mol. The largest absolute Gasteiger partial charge is 0.329 e. The lowest BCUT2D eigenvalue weighted by Gasteiger charge is -2.20. The summed E-state index contributed by atoms with van der Waals surface area (Å²) >= 11 is 0. The van der Waals surface area contributed by atoms with Crippen molar-refractivity contribution in [1.29, 1.82) is 0 Å². The summed E-state index contributed by atoms with van der Waals surface area (Å²) in [4.78, 5) is 11.0. The van der Waals surface area contributed by atoms with Crippen molar-refractivity contribution in [3.63, 3.8) is 0 Å². The lowest BCUT2D eigenvalue weighted by atomic mass is 10.0. The van der Waals surface area contributed by atoms with Gasteiger partial charge in [-0.25, -0.2) is 0 Å². The number of hydrogen-bond donors (Lipinski definition) is 0. The summed E-state index contributed by atoms with van der Waals surface area (Å²) in [7, 11) is 2.02. The lowest BCUT2D eigenvalue weighted by Crippen LogP contribution is -2.12. The number of para-hydroxylation sites is 1. The molecule has 6 nitrogen and oxygen atoms in total. The van der Waals surface area contributed by atoms with Gasteiger partial charge in [-0.05, 0) is 47.5 Å². The van der Waals surface area contributed by atoms with Crippen LogP contribution in [-0.2, 0) is 0 Å². The highest BCUT2D eigenvalue weighted by atomic mass is 15.3. The Morgan fingerprint density at radius 2 is 1.70 bits per heavy atom. The lowest BCUT2D eigenvalue weighted by molar-refractivity contribution is 1.08. The Balaban J connectivity index is 1.79. The molecular weight excluding hydrogens is 336 g/mol. The molecule has 0 atom stereocenters. The molecule has 0 radical (unpaired) electrons. The minimum absolute atomic E-state index is 0.581. The molecule has 27 heavy (non-hydrogen) atoms. The van der Waals surface area contributed by atoms with Crippen molar-refractivity contribution >= 4 is 28.2 Å². The predicted octanol–water partition coefficient (Wildman–Crippen LogP) is 4.11. The molecule has 0 fully saturated rings. The third-order valence-electron chi connectivity index (χ3n) is 4.71. The molecule has 0 aliphatic rings. The van der Waals surface area contributed by atoms with Crippen molar-refractivity contribution in [2.45, 2.75) is 0 Å². The van der Waals surface area contributed by atoms with E-state index in [1.807, 2.05) is 41.8 Å². The average Bonchev–Trinajstić information content (AvgIpc) is 3.22. The Bertz CT molecular complexity index is 1230. The molecule has 2 aromatic carbocycles. The molecule has 3 aromatic heterocycles. The van der Waals surface area contributed by atoms with Gasteiger partial charge in [0.15, 0.2) is 0 Å². The maximum atomic E-state index is 4.78. The molecule has 0 aliphatic heterocycles. The molecule has 0 saturated carbocycles. The van der Waals surface area contributed by atoms with Gasteiger partial charge in [0.25, 0.3) is 5.78 Å². The van der Waals surface area contributed by atoms with E-state index in [-0.39, 0.29) is 0 Å². The molecular formula is C21H16N6. The van der Waals surface area contributed by atoms with Gasteiger partial charge in [-0.1, -0.05) is 24.3 Å². The minimum atomic E-state index is 0.581. The monoisotopic (exact) mass is 352 g/mol. The zero-order valence-corrected chi connectivity index (χ0v) is 14.7. The van der Waals surface area contributed by atoms with Crippen LogP contribution in [0.5, 0.6) is 0 Å². The van der Waals surface area contributed by atoms with Crippen molar-refractivity contribution in [2.75, 3.05) is 11.9 Å². The van der Waals surface area contributed by atoms with Crippen LogP contribution >= 0.6 is 0 Å². The van der Waals surface area contributed by atoms with Crippen LogP contribution in [-0.4, -0.2) is 31.6 Å². The number of benzene rings is 2. The Hall–Kier alpha value is -3.80. The van der Waals surface area contributed by atoms with Crippen molar-refractivity contribution in [2.24, 2.45) is 0 Å². The molecule has 130 valence electrons. The fourth-order valence-electron chi connectivity index (χ4n) is 3.31. The molecule has 0 saturated heterocycles. The van der Waals surface area contributed by atoms with E-state index in [2.05, 4.69) is 50.4 Å². The van der Waals surface area contributed by atoms with Crippen LogP contribution in [0.2, 0.25) is 0 Å². The number of pyridine rings is 1. The van der Waals surface area contributed by atoms with E-state index >= 15 is 0 Å². The SMILES string of the molecule is CN(c1ccccc1)c1nc2nncn2c2ccc(-c3ccncc3)cc12. The number of rotatable bonds is 3. The maximum absolute atomic E-state index is 4.78. The number of fused-ring (bicyclic) bond motifs is 3. The first-order valence-corrected chi connectivity index (χ1v) is 8.64. The molecule has 0 aliphatic carbocycles. The summed E-state index contributed by atoms with van der Waals surface area (Å²) in [5.74, 6) is 1.42. The van der Waals surface area contributed by atoms with Crippen LogP contribution in [0, 0.1) is 0 Å². The van der Waals surface area contributed by atoms with Gasteiger partial charge < -0.3 is 4.90 Å². The molecule has 6 heteroatoms. The Morgan fingerprint density at radius 3 is 2.52 bits per heavy atom. The van der Waals surface area contributed by atoms with Gasteiger partial charge in [0.05, 0.1) is 5.52 Å². The summed E-state index contributed by atoms with van der Waals surface area (Å²) in [5, 5.41) is 9.21. The third kappa shape index (κ3) is 2.58. The van der Waals surface area contributed by atoms with Crippen LogP contribution in [0.3, 0.4) is 0 Å². The summed E-state index contributed by atoms with van der Waals surface area (Å²) in [6.45, 7) is 0. The van der Waals surface area contributed by atoms with Crippen molar-refractivity contribution in [3.05, 3.63) is 79.4 Å². The molecule has 0 unspecified atom stereocenters. The molecule has 5 rings (SSSR count). The highest BCUT2D eigenvalue weighted by molar-refractivity contribution is 5.96. The zero-order valence-electron chi connectivity index (χ0n) is 14.7. The van der Waals surface area contributed by atoms with E-state index in [1.54, 1.807) is 18.7 Å². The van der Waals surface area contributed by atoms with E-state index in [9.17, 15) is 0 Å². The smallest absolute Gasteiger partial charge is 0.257 e. The van der Waals surface area contributed by atoms with E-state index < -0.39 is 0 Å². The molecule has 3 heterocycles. The number of nitrogens with zero attached hydrogens (tertiary/aromatic N) is 6. The van der Waals surface area contributed by atoms with E-state index in [0.717, 1.165) is 33.5 Å². The van der Waals surface area contributed by atoms with E-state index in [0.29, 0.717) is 5.78 Å². The topological polar surface area (TPSA) is 59.2 Å². The summed E-state index contributed by atoms with van der Waals surface area (Å²) < 4.78 is 1.91. The summed E-state index contributed by atoms with van der Waals surface area (Å²) in [5.41, 5.74) is 4.30. The molecule has 0 bridgehead atoms. The third-order valence-corrected chi connectivity index (χ3v) is 4.71. The Kier molecular flexibility index (Phi) is 3.53. The highest BCUT2D eigenvalue weighted by Gasteiger charge is 2.15. The standard InChI is InChI=1S/C21H16N6/c1-26(17-5-3-2-4-6-17)20-18-13-16(15-9-11-22-12-10-15)7-8-19(18)27-14-23-25-21(27)24-20/h2-14H,1H3. The van der Waals surface area contributed by atoms with E-state index in [1.165, 1.54) is 0 Å². The number of anilines is 2. The zero-order chi connectivity index (χ0) is 18.2. The second-order valence-electron chi connectivity index (χ2n) is 6.30. The second kappa shape index (κ2) is 6.17. The Morgan fingerprint density at radius 1 is 0.889 bits per heavy atom. The van der Waals surface area contributed by atoms with Crippen molar-refractivity contribution in [1.82, 2.24) is 24.6 Å². The highest BCUT2D eigenvalue weighted by Crippen LogP contribution is 2.32. The van der Waals surface area contributed by atoms with Crippen molar-refractivity contribution in [3.8, 4) is 11.1 Å². The van der Waals surface area contributed by atoms with Crippen LogP contribution in [0.25, 0.3) is 27.8 Å². The molecule has 0 N–H and O–H groups in total. The Labute approximate surface area is 155 Å². The fourth-order valence-corrected chi connectivity index (χ4v) is 3.31. The van der Waals surface area contributed by atoms with Crippen molar-refractivity contribution < 1.29 is 0 Å². The first-order chi connectivity index (χ1) is 13.3.